The third kappa shape index (κ3) is 4.17. The summed E-state index contributed by atoms with van der Waals surface area (Å²) in [6, 6.07) is 5.46. The summed E-state index contributed by atoms with van der Waals surface area (Å²) in [6.07, 6.45) is 3.73. The Morgan fingerprint density at radius 3 is 2.48 bits per heavy atom. The third-order valence-corrected chi connectivity index (χ3v) is 4.85. The van der Waals surface area contributed by atoms with Gasteiger partial charge in [-0.15, -0.1) is 0 Å². The van der Waals surface area contributed by atoms with E-state index < -0.39 is 0 Å². The van der Waals surface area contributed by atoms with Crippen LogP contribution in [0.5, 0.6) is 0 Å². The van der Waals surface area contributed by atoms with Crippen LogP contribution in [0, 0.1) is 0 Å². The lowest BCUT2D eigenvalue weighted by molar-refractivity contribution is -0.121. The number of carbonyl (C=O) groups is 3. The van der Waals surface area contributed by atoms with E-state index in [0.29, 0.717) is 30.6 Å². The van der Waals surface area contributed by atoms with Crippen molar-refractivity contribution in [2.75, 3.05) is 6.54 Å². The average molecular weight is 344 g/mol. The Morgan fingerprint density at radius 1 is 1.12 bits per heavy atom. The van der Waals surface area contributed by atoms with E-state index in [1.165, 1.54) is 0 Å². The molecule has 0 atom stereocenters. The molecule has 0 aromatic heterocycles. The Balaban J connectivity index is 1.50. The standard InChI is InChI=1S/C18H24N4O3/c19-8-7-16(23)21-13-2-4-14(5-3-13)22-17(24)11-1-6-15-12(9-11)10-20-18(15)25/h1,6,9,13-14H,2-5,7-8,10,19H2,(H,20,25)(H,21,23)(H,22,24). The highest BCUT2D eigenvalue weighted by Gasteiger charge is 2.25. The van der Waals surface area contributed by atoms with Gasteiger partial charge in [0.05, 0.1) is 0 Å². The van der Waals surface area contributed by atoms with Gasteiger partial charge in [0.1, 0.15) is 0 Å². The van der Waals surface area contributed by atoms with Crippen molar-refractivity contribution in [3.63, 3.8) is 0 Å². The molecule has 0 bridgehead atoms. The predicted octanol–water partition coefficient (Wildman–Crippen LogP) is 0.436. The third-order valence-electron chi connectivity index (χ3n) is 4.85. The maximum Gasteiger partial charge on any atom is 0.251 e. The predicted molar refractivity (Wildman–Crippen MR) is 92.9 cm³/mol. The van der Waals surface area contributed by atoms with Crippen molar-refractivity contribution in [3.05, 3.63) is 34.9 Å². The Hall–Kier alpha value is -2.41. The minimum Gasteiger partial charge on any atom is -0.353 e. The van der Waals surface area contributed by atoms with Crippen molar-refractivity contribution in [3.8, 4) is 0 Å². The quantitative estimate of drug-likeness (QED) is 0.620. The molecule has 134 valence electrons. The largest absolute Gasteiger partial charge is 0.353 e. The lowest BCUT2D eigenvalue weighted by Crippen LogP contribution is -2.44. The van der Waals surface area contributed by atoms with Crippen molar-refractivity contribution < 1.29 is 14.4 Å². The number of nitrogens with one attached hydrogen (secondary N) is 3. The molecular formula is C18H24N4O3. The van der Waals surface area contributed by atoms with Gasteiger partial charge in [0, 0.05) is 42.7 Å². The Kier molecular flexibility index (Phi) is 5.33. The van der Waals surface area contributed by atoms with E-state index in [1.807, 2.05) is 0 Å². The van der Waals surface area contributed by atoms with Gasteiger partial charge in [-0.1, -0.05) is 0 Å². The van der Waals surface area contributed by atoms with Crippen LogP contribution >= 0.6 is 0 Å². The fourth-order valence-corrected chi connectivity index (χ4v) is 3.46. The van der Waals surface area contributed by atoms with E-state index in [4.69, 9.17) is 5.73 Å². The van der Waals surface area contributed by atoms with Crippen LogP contribution in [0.15, 0.2) is 18.2 Å². The SMILES string of the molecule is NCCC(=O)NC1CCC(NC(=O)c2ccc3c(c2)CNC3=O)CC1. The van der Waals surface area contributed by atoms with Crippen LogP contribution in [0.25, 0.3) is 0 Å². The summed E-state index contributed by atoms with van der Waals surface area (Å²) < 4.78 is 0. The summed E-state index contributed by atoms with van der Waals surface area (Å²) in [5, 5.41) is 8.80. The van der Waals surface area contributed by atoms with Crippen molar-refractivity contribution in [1.29, 1.82) is 0 Å². The molecule has 0 spiro atoms. The van der Waals surface area contributed by atoms with E-state index in [-0.39, 0.29) is 29.8 Å². The van der Waals surface area contributed by atoms with Gasteiger partial charge >= 0.3 is 0 Å². The summed E-state index contributed by atoms with van der Waals surface area (Å²) in [5.74, 6) is -0.203. The van der Waals surface area contributed by atoms with E-state index in [2.05, 4.69) is 16.0 Å². The number of hydrogen-bond donors (Lipinski definition) is 4. The minimum absolute atomic E-state index is 0.00344. The van der Waals surface area contributed by atoms with Gasteiger partial charge in [-0.2, -0.15) is 0 Å². The molecule has 1 fully saturated rings. The van der Waals surface area contributed by atoms with Gasteiger partial charge in [0.15, 0.2) is 0 Å². The van der Waals surface area contributed by atoms with Crippen LogP contribution < -0.4 is 21.7 Å². The molecule has 25 heavy (non-hydrogen) atoms. The molecule has 1 aliphatic heterocycles. The fourth-order valence-electron chi connectivity index (χ4n) is 3.46. The second-order valence-corrected chi connectivity index (χ2v) is 6.68. The molecule has 7 nitrogen and oxygen atoms in total. The highest BCUT2D eigenvalue weighted by molar-refractivity contribution is 6.01. The Bertz CT molecular complexity index is 681. The topological polar surface area (TPSA) is 113 Å². The molecule has 0 unspecified atom stereocenters. The van der Waals surface area contributed by atoms with E-state index in [0.717, 1.165) is 31.2 Å². The molecule has 0 radical (unpaired) electrons. The highest BCUT2D eigenvalue weighted by Crippen LogP contribution is 2.21. The molecule has 5 N–H and O–H groups in total. The van der Waals surface area contributed by atoms with Gasteiger partial charge in [0.2, 0.25) is 5.91 Å². The molecule has 7 heteroatoms. The van der Waals surface area contributed by atoms with Crippen LogP contribution in [0.3, 0.4) is 0 Å². The summed E-state index contributed by atoms with van der Waals surface area (Å²) in [6.45, 7) is 0.835. The first-order valence-electron chi connectivity index (χ1n) is 8.78. The summed E-state index contributed by atoms with van der Waals surface area (Å²) in [5.41, 5.74) is 7.46. The number of rotatable bonds is 5. The van der Waals surface area contributed by atoms with E-state index in [9.17, 15) is 14.4 Å². The first kappa shape index (κ1) is 17.4. The molecular weight excluding hydrogens is 320 g/mol. The summed E-state index contributed by atoms with van der Waals surface area (Å²) >= 11 is 0. The van der Waals surface area contributed by atoms with Crippen molar-refractivity contribution in [2.24, 2.45) is 5.73 Å². The van der Waals surface area contributed by atoms with Gasteiger partial charge in [-0.05, 0) is 49.4 Å². The molecule has 1 aromatic carbocycles. The van der Waals surface area contributed by atoms with Crippen LogP contribution in [0.1, 0.15) is 58.4 Å². The first-order valence-corrected chi connectivity index (χ1v) is 8.78. The van der Waals surface area contributed by atoms with E-state index >= 15 is 0 Å². The monoisotopic (exact) mass is 344 g/mol. The fraction of sp³-hybridized carbons (Fsp3) is 0.500. The molecule has 3 amide bonds. The molecule has 1 heterocycles. The smallest absolute Gasteiger partial charge is 0.251 e. The summed E-state index contributed by atoms with van der Waals surface area (Å²) in [7, 11) is 0. The zero-order valence-electron chi connectivity index (χ0n) is 14.1. The number of fused-ring (bicyclic) bond motifs is 1. The van der Waals surface area contributed by atoms with E-state index in [1.54, 1.807) is 18.2 Å². The van der Waals surface area contributed by atoms with Crippen molar-refractivity contribution in [1.82, 2.24) is 16.0 Å². The molecule has 3 rings (SSSR count). The van der Waals surface area contributed by atoms with Crippen LogP contribution in [0.2, 0.25) is 0 Å². The van der Waals surface area contributed by atoms with Gasteiger partial charge in [0.25, 0.3) is 11.8 Å². The lowest BCUT2D eigenvalue weighted by Gasteiger charge is -2.29. The second-order valence-electron chi connectivity index (χ2n) is 6.68. The van der Waals surface area contributed by atoms with Crippen molar-refractivity contribution in [2.45, 2.75) is 50.7 Å². The number of benzene rings is 1. The zero-order chi connectivity index (χ0) is 17.8. The van der Waals surface area contributed by atoms with Gasteiger partial charge in [-0.25, -0.2) is 0 Å². The highest BCUT2D eigenvalue weighted by atomic mass is 16.2. The normalized spacial score (nSPS) is 22.0. The maximum atomic E-state index is 12.4. The molecule has 2 aliphatic rings. The number of nitrogens with two attached hydrogens (primary N) is 1. The van der Waals surface area contributed by atoms with Crippen LogP contribution in [-0.2, 0) is 11.3 Å². The van der Waals surface area contributed by atoms with Crippen LogP contribution in [-0.4, -0.2) is 36.3 Å². The number of amides is 3. The molecule has 1 saturated carbocycles. The lowest BCUT2D eigenvalue weighted by atomic mass is 9.90. The number of carbonyl (C=O) groups excluding carboxylic acids is 3. The minimum atomic E-state index is -0.113. The molecule has 1 aromatic rings. The van der Waals surface area contributed by atoms with Gasteiger partial charge < -0.3 is 21.7 Å². The Morgan fingerprint density at radius 2 is 1.80 bits per heavy atom. The number of hydrogen-bond acceptors (Lipinski definition) is 4. The van der Waals surface area contributed by atoms with Gasteiger partial charge in [-0.3, -0.25) is 14.4 Å². The maximum absolute atomic E-state index is 12.4. The second kappa shape index (κ2) is 7.65. The summed E-state index contributed by atoms with van der Waals surface area (Å²) in [4.78, 5) is 35.6. The molecule has 0 saturated heterocycles. The molecule has 1 aliphatic carbocycles. The van der Waals surface area contributed by atoms with Crippen molar-refractivity contribution >= 4 is 17.7 Å². The Labute approximate surface area is 146 Å². The average Bonchev–Trinajstić information content (AvgIpc) is 2.97. The first-order chi connectivity index (χ1) is 12.1. The zero-order valence-corrected chi connectivity index (χ0v) is 14.1. The van der Waals surface area contributed by atoms with Crippen LogP contribution in [0.4, 0.5) is 0 Å².